The van der Waals surface area contributed by atoms with E-state index in [-0.39, 0.29) is 6.61 Å². The Kier molecular flexibility index (Phi) is 4.35. The number of aromatic nitrogens is 2. The standard InChI is InChI=1S/C7H9ClN2OS/c8-6-4-7(10-5-9-6)12-3-1-2-11/h4-5,11H,1-3H2. The summed E-state index contributed by atoms with van der Waals surface area (Å²) in [6.07, 6.45) is 2.20. The molecule has 0 aliphatic carbocycles. The smallest absolute Gasteiger partial charge is 0.133 e. The highest BCUT2D eigenvalue weighted by Crippen LogP contribution is 2.17. The highest BCUT2D eigenvalue weighted by atomic mass is 35.5. The summed E-state index contributed by atoms with van der Waals surface area (Å²) in [6.45, 7) is 0.214. The quantitative estimate of drug-likeness (QED) is 0.460. The van der Waals surface area contributed by atoms with E-state index in [0.29, 0.717) is 5.15 Å². The van der Waals surface area contributed by atoms with E-state index < -0.39 is 0 Å². The molecule has 3 nitrogen and oxygen atoms in total. The Hall–Kier alpha value is -0.320. The maximum absolute atomic E-state index is 8.53. The zero-order valence-electron chi connectivity index (χ0n) is 6.40. The van der Waals surface area contributed by atoms with E-state index in [0.717, 1.165) is 17.2 Å². The van der Waals surface area contributed by atoms with Gasteiger partial charge in [-0.05, 0) is 6.42 Å². The molecule has 0 aliphatic heterocycles. The first-order valence-electron chi connectivity index (χ1n) is 3.54. The molecule has 0 radical (unpaired) electrons. The number of nitrogens with zero attached hydrogens (tertiary/aromatic N) is 2. The zero-order valence-corrected chi connectivity index (χ0v) is 7.98. The van der Waals surface area contributed by atoms with Gasteiger partial charge in [-0.2, -0.15) is 0 Å². The van der Waals surface area contributed by atoms with Crippen LogP contribution in [-0.4, -0.2) is 27.4 Å². The molecule has 0 saturated heterocycles. The molecule has 0 aliphatic rings. The molecule has 66 valence electrons. The van der Waals surface area contributed by atoms with Crippen molar-refractivity contribution in [1.29, 1.82) is 0 Å². The van der Waals surface area contributed by atoms with Crippen molar-refractivity contribution < 1.29 is 5.11 Å². The molecule has 0 atom stereocenters. The number of hydrogen-bond acceptors (Lipinski definition) is 4. The van der Waals surface area contributed by atoms with Gasteiger partial charge >= 0.3 is 0 Å². The van der Waals surface area contributed by atoms with Crippen LogP contribution >= 0.6 is 23.4 Å². The summed E-state index contributed by atoms with van der Waals surface area (Å²) in [6, 6.07) is 1.71. The summed E-state index contributed by atoms with van der Waals surface area (Å²) in [5, 5.41) is 9.83. The number of aliphatic hydroxyl groups excluding tert-OH is 1. The zero-order chi connectivity index (χ0) is 8.81. The summed E-state index contributed by atoms with van der Waals surface area (Å²) in [5.74, 6) is 0.851. The van der Waals surface area contributed by atoms with E-state index in [1.807, 2.05) is 0 Å². The third-order valence-corrected chi connectivity index (χ3v) is 2.38. The van der Waals surface area contributed by atoms with E-state index >= 15 is 0 Å². The summed E-state index contributed by atoms with van der Waals surface area (Å²) < 4.78 is 0. The van der Waals surface area contributed by atoms with Crippen LogP contribution in [0.3, 0.4) is 0 Å². The van der Waals surface area contributed by atoms with Crippen LogP contribution in [0.4, 0.5) is 0 Å². The third kappa shape index (κ3) is 3.38. The fourth-order valence-corrected chi connectivity index (χ4v) is 1.65. The fourth-order valence-electron chi connectivity index (χ4n) is 0.638. The minimum Gasteiger partial charge on any atom is -0.396 e. The second kappa shape index (κ2) is 5.35. The summed E-state index contributed by atoms with van der Waals surface area (Å²) in [5.41, 5.74) is 0. The Morgan fingerprint density at radius 2 is 2.33 bits per heavy atom. The van der Waals surface area contributed by atoms with E-state index in [9.17, 15) is 0 Å². The SMILES string of the molecule is OCCCSc1cc(Cl)ncn1. The molecule has 0 fully saturated rings. The van der Waals surface area contributed by atoms with Crippen LogP contribution < -0.4 is 0 Å². The van der Waals surface area contributed by atoms with Crippen LogP contribution in [0.15, 0.2) is 17.4 Å². The lowest BCUT2D eigenvalue weighted by Gasteiger charge is -1.97. The van der Waals surface area contributed by atoms with Crippen molar-refractivity contribution in [3.63, 3.8) is 0 Å². The normalized spacial score (nSPS) is 10.2. The van der Waals surface area contributed by atoms with Crippen molar-refractivity contribution in [2.24, 2.45) is 0 Å². The Morgan fingerprint density at radius 1 is 1.50 bits per heavy atom. The predicted molar refractivity (Wildman–Crippen MR) is 49.5 cm³/mol. The number of aliphatic hydroxyl groups is 1. The topological polar surface area (TPSA) is 46.0 Å². The van der Waals surface area contributed by atoms with Gasteiger partial charge in [0.1, 0.15) is 16.5 Å². The Labute approximate surface area is 80.2 Å². The van der Waals surface area contributed by atoms with E-state index in [2.05, 4.69) is 9.97 Å². The van der Waals surface area contributed by atoms with Gasteiger partial charge in [0, 0.05) is 18.4 Å². The summed E-state index contributed by atoms with van der Waals surface area (Å²) in [4.78, 5) is 7.76. The lowest BCUT2D eigenvalue weighted by molar-refractivity contribution is 0.296. The molecule has 0 unspecified atom stereocenters. The van der Waals surface area contributed by atoms with Crippen molar-refractivity contribution in [2.45, 2.75) is 11.4 Å². The first kappa shape index (κ1) is 9.77. The molecule has 0 aromatic carbocycles. The average molecular weight is 205 g/mol. The molecular weight excluding hydrogens is 196 g/mol. The van der Waals surface area contributed by atoms with Gasteiger partial charge in [0.2, 0.25) is 0 Å². The second-order valence-corrected chi connectivity index (χ2v) is 3.61. The van der Waals surface area contributed by atoms with Gasteiger partial charge in [-0.15, -0.1) is 11.8 Å². The van der Waals surface area contributed by atoms with Gasteiger partial charge in [-0.1, -0.05) is 11.6 Å². The Morgan fingerprint density at radius 3 is 3.00 bits per heavy atom. The average Bonchev–Trinajstić information content (AvgIpc) is 2.05. The van der Waals surface area contributed by atoms with Gasteiger partial charge in [0.25, 0.3) is 0 Å². The van der Waals surface area contributed by atoms with Gasteiger partial charge in [-0.25, -0.2) is 9.97 Å². The number of thioether (sulfide) groups is 1. The van der Waals surface area contributed by atoms with Gasteiger partial charge in [0.05, 0.1) is 0 Å². The summed E-state index contributed by atoms with van der Waals surface area (Å²) >= 11 is 7.21. The number of halogens is 1. The lowest BCUT2D eigenvalue weighted by atomic mass is 10.5. The first-order valence-corrected chi connectivity index (χ1v) is 4.90. The molecule has 0 saturated carbocycles. The van der Waals surface area contributed by atoms with Crippen molar-refractivity contribution >= 4 is 23.4 Å². The predicted octanol–water partition coefficient (Wildman–Crippen LogP) is 1.60. The van der Waals surface area contributed by atoms with Crippen molar-refractivity contribution in [2.75, 3.05) is 12.4 Å². The molecule has 1 N–H and O–H groups in total. The second-order valence-electron chi connectivity index (χ2n) is 2.10. The molecule has 1 rings (SSSR count). The fraction of sp³-hybridized carbons (Fsp3) is 0.429. The largest absolute Gasteiger partial charge is 0.396 e. The Balaban J connectivity index is 2.41. The maximum atomic E-state index is 8.53. The number of hydrogen-bond donors (Lipinski definition) is 1. The van der Waals surface area contributed by atoms with Crippen LogP contribution in [0, 0.1) is 0 Å². The van der Waals surface area contributed by atoms with Crippen molar-refractivity contribution in [3.05, 3.63) is 17.5 Å². The molecular formula is C7H9ClN2OS. The maximum Gasteiger partial charge on any atom is 0.133 e. The lowest BCUT2D eigenvalue weighted by Crippen LogP contribution is -1.88. The van der Waals surface area contributed by atoms with Crippen LogP contribution in [0.2, 0.25) is 5.15 Å². The van der Waals surface area contributed by atoms with Crippen LogP contribution in [0.25, 0.3) is 0 Å². The highest BCUT2D eigenvalue weighted by molar-refractivity contribution is 7.99. The number of rotatable bonds is 4. The molecule has 0 bridgehead atoms. The summed E-state index contributed by atoms with van der Waals surface area (Å²) in [7, 11) is 0. The van der Waals surface area contributed by atoms with Gasteiger partial charge in [-0.3, -0.25) is 0 Å². The molecule has 0 spiro atoms. The van der Waals surface area contributed by atoms with Crippen LogP contribution in [0.1, 0.15) is 6.42 Å². The highest BCUT2D eigenvalue weighted by Gasteiger charge is 1.96. The van der Waals surface area contributed by atoms with E-state index in [1.54, 1.807) is 17.8 Å². The van der Waals surface area contributed by atoms with Crippen molar-refractivity contribution in [3.8, 4) is 0 Å². The third-order valence-electron chi connectivity index (χ3n) is 1.16. The van der Waals surface area contributed by atoms with E-state index in [4.69, 9.17) is 16.7 Å². The molecule has 0 amide bonds. The molecule has 1 heterocycles. The Bertz CT molecular complexity index is 247. The van der Waals surface area contributed by atoms with Crippen molar-refractivity contribution in [1.82, 2.24) is 9.97 Å². The van der Waals surface area contributed by atoms with E-state index in [1.165, 1.54) is 6.33 Å². The van der Waals surface area contributed by atoms with Crippen LogP contribution in [-0.2, 0) is 0 Å². The molecule has 1 aromatic heterocycles. The molecule has 5 heteroatoms. The van der Waals surface area contributed by atoms with Gasteiger partial charge in [0.15, 0.2) is 0 Å². The minimum absolute atomic E-state index is 0.214. The van der Waals surface area contributed by atoms with Gasteiger partial charge < -0.3 is 5.11 Å². The molecule has 12 heavy (non-hydrogen) atoms. The monoisotopic (exact) mass is 204 g/mol. The first-order chi connectivity index (χ1) is 5.83. The van der Waals surface area contributed by atoms with Crippen LogP contribution in [0.5, 0.6) is 0 Å². The minimum atomic E-state index is 0.214. The molecule has 1 aromatic rings.